The van der Waals surface area contributed by atoms with Crippen molar-refractivity contribution >= 4 is 11.6 Å². The monoisotopic (exact) mass is 296 g/mol. The molecule has 0 spiro atoms. The van der Waals surface area contributed by atoms with Crippen LogP contribution in [0.1, 0.15) is 37.0 Å². The topological polar surface area (TPSA) is 102 Å². The molecule has 0 saturated heterocycles. The summed E-state index contributed by atoms with van der Waals surface area (Å²) >= 11 is 0. The van der Waals surface area contributed by atoms with E-state index < -0.39 is 16.4 Å². The fourth-order valence-electron chi connectivity index (χ4n) is 2.06. The number of rotatable bonds is 7. The summed E-state index contributed by atoms with van der Waals surface area (Å²) in [5, 5.41) is 23.2. The second-order valence-corrected chi connectivity index (χ2v) is 4.71. The SMILES string of the molecule is CCC(CC)(CO)NC(=O)c1cccc([N+](=O)[O-])c1OC. The molecule has 1 rings (SSSR count). The molecule has 116 valence electrons. The van der Waals surface area contributed by atoms with Gasteiger partial charge in [0.05, 0.1) is 29.7 Å². The van der Waals surface area contributed by atoms with Crippen molar-refractivity contribution in [2.24, 2.45) is 0 Å². The van der Waals surface area contributed by atoms with Crippen LogP contribution in [0.15, 0.2) is 18.2 Å². The summed E-state index contributed by atoms with van der Waals surface area (Å²) in [6.45, 7) is 3.50. The number of amides is 1. The maximum atomic E-state index is 12.4. The number of nitro groups is 1. The first-order valence-corrected chi connectivity index (χ1v) is 6.69. The molecule has 2 N–H and O–H groups in total. The van der Waals surface area contributed by atoms with Crippen molar-refractivity contribution < 1.29 is 19.6 Å². The molecule has 0 atom stereocenters. The van der Waals surface area contributed by atoms with Crippen LogP contribution >= 0.6 is 0 Å². The van der Waals surface area contributed by atoms with Crippen molar-refractivity contribution in [2.45, 2.75) is 32.2 Å². The van der Waals surface area contributed by atoms with Gasteiger partial charge in [-0.05, 0) is 18.9 Å². The molecule has 7 heteroatoms. The fraction of sp³-hybridized carbons (Fsp3) is 0.500. The molecule has 7 nitrogen and oxygen atoms in total. The lowest BCUT2D eigenvalue weighted by molar-refractivity contribution is -0.385. The Morgan fingerprint density at radius 2 is 2.05 bits per heavy atom. The van der Waals surface area contributed by atoms with Crippen LogP contribution in [0.5, 0.6) is 5.75 Å². The molecule has 1 aromatic carbocycles. The van der Waals surface area contributed by atoms with E-state index in [1.165, 1.54) is 25.3 Å². The number of aliphatic hydroxyl groups excluding tert-OH is 1. The first-order valence-electron chi connectivity index (χ1n) is 6.69. The molecular formula is C14H20N2O5. The Hall–Kier alpha value is -2.15. The molecule has 0 heterocycles. The van der Waals surface area contributed by atoms with Crippen molar-refractivity contribution in [3.63, 3.8) is 0 Å². The summed E-state index contributed by atoms with van der Waals surface area (Å²) in [7, 11) is 1.28. The van der Waals surface area contributed by atoms with Gasteiger partial charge in [0.25, 0.3) is 5.91 Å². The van der Waals surface area contributed by atoms with Crippen molar-refractivity contribution in [3.8, 4) is 5.75 Å². The normalized spacial score (nSPS) is 11.0. The maximum absolute atomic E-state index is 12.4. The van der Waals surface area contributed by atoms with E-state index in [-0.39, 0.29) is 23.6 Å². The lowest BCUT2D eigenvalue weighted by Crippen LogP contribution is -2.50. The first kappa shape index (κ1) is 16.9. The Morgan fingerprint density at radius 3 is 2.48 bits per heavy atom. The Labute approximate surface area is 123 Å². The van der Waals surface area contributed by atoms with Gasteiger partial charge in [0.15, 0.2) is 0 Å². The van der Waals surface area contributed by atoms with Crippen molar-refractivity contribution in [1.82, 2.24) is 5.32 Å². The maximum Gasteiger partial charge on any atom is 0.311 e. The molecule has 0 aliphatic heterocycles. The van der Waals surface area contributed by atoms with Crippen LogP contribution in [0, 0.1) is 10.1 Å². The van der Waals surface area contributed by atoms with E-state index in [4.69, 9.17) is 4.74 Å². The van der Waals surface area contributed by atoms with Gasteiger partial charge in [0.2, 0.25) is 5.75 Å². The number of aliphatic hydroxyl groups is 1. The number of methoxy groups -OCH3 is 1. The molecular weight excluding hydrogens is 276 g/mol. The number of nitrogens with one attached hydrogen (secondary N) is 1. The van der Waals surface area contributed by atoms with Crippen molar-refractivity contribution in [3.05, 3.63) is 33.9 Å². The zero-order valence-electron chi connectivity index (χ0n) is 12.4. The van der Waals surface area contributed by atoms with Gasteiger partial charge in [-0.15, -0.1) is 0 Å². The minimum Gasteiger partial charge on any atom is -0.490 e. The second kappa shape index (κ2) is 7.03. The highest BCUT2D eigenvalue weighted by Crippen LogP contribution is 2.31. The van der Waals surface area contributed by atoms with E-state index in [1.54, 1.807) is 0 Å². The Bertz CT molecular complexity index is 518. The van der Waals surface area contributed by atoms with Crippen LogP contribution < -0.4 is 10.1 Å². The molecule has 0 radical (unpaired) electrons. The Kier molecular flexibility index (Phi) is 5.66. The predicted octanol–water partition coefficient (Wildman–Crippen LogP) is 1.88. The zero-order valence-corrected chi connectivity index (χ0v) is 12.4. The fourth-order valence-corrected chi connectivity index (χ4v) is 2.06. The summed E-state index contributed by atoms with van der Waals surface area (Å²) in [6, 6.07) is 4.15. The number of para-hydroxylation sites is 1. The average Bonchev–Trinajstić information content (AvgIpc) is 2.51. The molecule has 0 unspecified atom stereocenters. The van der Waals surface area contributed by atoms with Crippen LogP contribution in [0.25, 0.3) is 0 Å². The largest absolute Gasteiger partial charge is 0.490 e. The smallest absolute Gasteiger partial charge is 0.311 e. The minimum absolute atomic E-state index is 0.0754. The van der Waals surface area contributed by atoms with Gasteiger partial charge in [0, 0.05) is 6.07 Å². The number of hydrogen-bond donors (Lipinski definition) is 2. The Balaban J connectivity index is 3.19. The van der Waals surface area contributed by atoms with E-state index in [9.17, 15) is 20.0 Å². The lowest BCUT2D eigenvalue weighted by atomic mass is 9.93. The summed E-state index contributed by atoms with van der Waals surface area (Å²) in [5.41, 5.74) is -0.939. The molecule has 0 aliphatic carbocycles. The summed E-state index contributed by atoms with van der Waals surface area (Å²) in [4.78, 5) is 22.7. The number of carbonyl (C=O) groups is 1. The van der Waals surface area contributed by atoms with Crippen LogP contribution in [-0.2, 0) is 0 Å². The molecule has 1 amide bonds. The molecule has 0 bridgehead atoms. The quantitative estimate of drug-likeness (QED) is 0.591. The van der Waals surface area contributed by atoms with Crippen LogP contribution in [0.2, 0.25) is 0 Å². The zero-order chi connectivity index (χ0) is 16.0. The third-order valence-electron chi connectivity index (χ3n) is 3.67. The highest BCUT2D eigenvalue weighted by molar-refractivity contribution is 5.98. The van der Waals surface area contributed by atoms with Gasteiger partial charge in [-0.2, -0.15) is 0 Å². The number of hydrogen-bond acceptors (Lipinski definition) is 5. The Morgan fingerprint density at radius 1 is 1.43 bits per heavy atom. The van der Waals surface area contributed by atoms with E-state index in [2.05, 4.69) is 5.32 Å². The third-order valence-corrected chi connectivity index (χ3v) is 3.67. The summed E-state index contributed by atoms with van der Waals surface area (Å²) in [5.74, 6) is -0.590. The number of nitro benzene ring substituents is 1. The van der Waals surface area contributed by atoms with Gasteiger partial charge in [-0.1, -0.05) is 19.9 Å². The molecule has 0 saturated carbocycles. The first-order chi connectivity index (χ1) is 9.94. The van der Waals surface area contributed by atoms with Gasteiger partial charge in [-0.25, -0.2) is 0 Å². The van der Waals surface area contributed by atoms with Gasteiger partial charge < -0.3 is 15.2 Å². The standard InChI is InChI=1S/C14H20N2O5/c1-4-14(5-2,9-17)15-13(18)10-7-6-8-11(16(19)20)12(10)21-3/h6-8,17H,4-5,9H2,1-3H3,(H,15,18). The van der Waals surface area contributed by atoms with Crippen molar-refractivity contribution in [1.29, 1.82) is 0 Å². The average molecular weight is 296 g/mol. The second-order valence-electron chi connectivity index (χ2n) is 4.71. The highest BCUT2D eigenvalue weighted by atomic mass is 16.6. The van der Waals surface area contributed by atoms with E-state index in [0.29, 0.717) is 12.8 Å². The van der Waals surface area contributed by atoms with Gasteiger partial charge in [-0.3, -0.25) is 14.9 Å². The lowest BCUT2D eigenvalue weighted by Gasteiger charge is -2.30. The number of ether oxygens (including phenoxy) is 1. The molecule has 0 aromatic heterocycles. The van der Waals surface area contributed by atoms with E-state index >= 15 is 0 Å². The number of benzene rings is 1. The van der Waals surface area contributed by atoms with Crippen LogP contribution in [0.3, 0.4) is 0 Å². The summed E-state index contributed by atoms with van der Waals surface area (Å²) in [6.07, 6.45) is 1.09. The molecule has 1 aromatic rings. The number of nitrogens with zero attached hydrogens (tertiary/aromatic N) is 1. The van der Waals surface area contributed by atoms with E-state index in [1.807, 2.05) is 13.8 Å². The van der Waals surface area contributed by atoms with Crippen molar-refractivity contribution in [2.75, 3.05) is 13.7 Å². The highest BCUT2D eigenvalue weighted by Gasteiger charge is 2.30. The minimum atomic E-state index is -0.743. The molecule has 21 heavy (non-hydrogen) atoms. The van der Waals surface area contributed by atoms with E-state index in [0.717, 1.165) is 0 Å². The van der Waals surface area contributed by atoms with Crippen LogP contribution in [-0.4, -0.2) is 35.2 Å². The van der Waals surface area contributed by atoms with Crippen LogP contribution in [0.4, 0.5) is 5.69 Å². The molecule has 0 fully saturated rings. The molecule has 0 aliphatic rings. The van der Waals surface area contributed by atoms with Gasteiger partial charge >= 0.3 is 5.69 Å². The number of carbonyl (C=O) groups excluding carboxylic acids is 1. The third kappa shape index (κ3) is 3.49. The predicted molar refractivity (Wildman–Crippen MR) is 77.5 cm³/mol. The van der Waals surface area contributed by atoms with Gasteiger partial charge in [0.1, 0.15) is 0 Å². The summed E-state index contributed by atoms with van der Waals surface area (Å²) < 4.78 is 5.01.